The number of hydrogen-bond acceptors (Lipinski definition) is 3. The number of nitrogens with zero attached hydrogens (tertiary/aromatic N) is 1. The number of halogens is 1. The number of benzene rings is 1. The summed E-state index contributed by atoms with van der Waals surface area (Å²) in [6, 6.07) is 9.10. The van der Waals surface area contributed by atoms with Crippen LogP contribution in [0.15, 0.2) is 34.7 Å². The van der Waals surface area contributed by atoms with Crippen LogP contribution in [0.3, 0.4) is 0 Å². The van der Waals surface area contributed by atoms with Crippen molar-refractivity contribution < 1.29 is 9.21 Å². The summed E-state index contributed by atoms with van der Waals surface area (Å²) in [5.74, 6) is 1.74. The molecule has 0 aliphatic heterocycles. The lowest BCUT2D eigenvalue weighted by molar-refractivity contribution is 0.0827. The van der Waals surface area contributed by atoms with E-state index in [1.807, 2.05) is 19.1 Å². The van der Waals surface area contributed by atoms with Gasteiger partial charge in [-0.3, -0.25) is 4.79 Å². The summed E-state index contributed by atoms with van der Waals surface area (Å²) in [6.07, 6.45) is 0.869. The lowest BCUT2D eigenvalue weighted by Crippen LogP contribution is -2.21. The largest absolute Gasteiger partial charge is 0.464 e. The Labute approximate surface area is 129 Å². The summed E-state index contributed by atoms with van der Waals surface area (Å²) < 4.78 is 5.63. The van der Waals surface area contributed by atoms with Crippen molar-refractivity contribution in [3.63, 3.8) is 0 Å². The smallest absolute Gasteiger partial charge is 0.253 e. The van der Waals surface area contributed by atoms with Gasteiger partial charge in [0.25, 0.3) is 5.91 Å². The van der Waals surface area contributed by atoms with E-state index in [4.69, 9.17) is 16.0 Å². The number of amides is 1. The fourth-order valence-electron chi connectivity index (χ4n) is 1.94. The predicted octanol–water partition coefficient (Wildman–Crippen LogP) is 3.81. The molecule has 2 aromatic rings. The average molecular weight is 307 g/mol. The minimum Gasteiger partial charge on any atom is -0.464 e. The van der Waals surface area contributed by atoms with Gasteiger partial charge in [-0.2, -0.15) is 0 Å². The molecule has 5 heteroatoms. The summed E-state index contributed by atoms with van der Waals surface area (Å²) in [7, 11) is 3.44. The van der Waals surface area contributed by atoms with Crippen LogP contribution >= 0.6 is 11.6 Å². The van der Waals surface area contributed by atoms with Gasteiger partial charge in [0, 0.05) is 26.1 Å². The van der Waals surface area contributed by atoms with Gasteiger partial charge < -0.3 is 14.6 Å². The molecule has 1 heterocycles. The third kappa shape index (κ3) is 3.79. The molecule has 1 aromatic carbocycles. The minimum atomic E-state index is -0.0546. The molecule has 1 amide bonds. The highest BCUT2D eigenvalue weighted by Gasteiger charge is 2.11. The number of rotatable bonds is 5. The number of hydrogen-bond donors (Lipinski definition) is 1. The van der Waals surface area contributed by atoms with E-state index in [2.05, 4.69) is 5.32 Å². The molecule has 4 nitrogen and oxygen atoms in total. The molecule has 0 fully saturated rings. The SMILES string of the molecule is CCc1ccc(CNc2cc(C(=O)N(C)C)ccc2Cl)o1. The number of anilines is 1. The van der Waals surface area contributed by atoms with Crippen LogP contribution in [0.4, 0.5) is 5.69 Å². The molecule has 0 saturated heterocycles. The van der Waals surface area contributed by atoms with Crippen LogP contribution < -0.4 is 5.32 Å². The van der Waals surface area contributed by atoms with E-state index in [1.165, 1.54) is 4.90 Å². The minimum absolute atomic E-state index is 0.0546. The lowest BCUT2D eigenvalue weighted by Gasteiger charge is -2.13. The van der Waals surface area contributed by atoms with Gasteiger partial charge in [0.1, 0.15) is 11.5 Å². The molecular formula is C16H19ClN2O2. The maximum atomic E-state index is 12.0. The van der Waals surface area contributed by atoms with Crippen LogP contribution in [0, 0.1) is 0 Å². The van der Waals surface area contributed by atoms with Gasteiger partial charge in [0.15, 0.2) is 0 Å². The second kappa shape index (κ2) is 6.68. The number of carbonyl (C=O) groups is 1. The van der Waals surface area contributed by atoms with Crippen LogP contribution in [0.1, 0.15) is 28.8 Å². The van der Waals surface area contributed by atoms with Crippen LogP contribution in [0.2, 0.25) is 5.02 Å². The highest BCUT2D eigenvalue weighted by atomic mass is 35.5. The van der Waals surface area contributed by atoms with Crippen molar-refractivity contribution in [3.05, 3.63) is 52.4 Å². The van der Waals surface area contributed by atoms with E-state index in [0.717, 1.165) is 23.6 Å². The molecule has 0 radical (unpaired) electrons. The van der Waals surface area contributed by atoms with Crippen LogP contribution in [0.25, 0.3) is 0 Å². The molecule has 0 unspecified atom stereocenters. The lowest BCUT2D eigenvalue weighted by atomic mass is 10.1. The van der Waals surface area contributed by atoms with Crippen LogP contribution in [-0.2, 0) is 13.0 Å². The van der Waals surface area contributed by atoms with Gasteiger partial charge in [-0.1, -0.05) is 18.5 Å². The summed E-state index contributed by atoms with van der Waals surface area (Å²) in [6.45, 7) is 2.57. The Hall–Kier alpha value is -1.94. The van der Waals surface area contributed by atoms with Crippen molar-refractivity contribution >= 4 is 23.2 Å². The van der Waals surface area contributed by atoms with Gasteiger partial charge in [-0.05, 0) is 30.3 Å². The summed E-state index contributed by atoms with van der Waals surface area (Å²) in [5.41, 5.74) is 1.32. The summed E-state index contributed by atoms with van der Waals surface area (Å²) >= 11 is 6.16. The average Bonchev–Trinajstić information content (AvgIpc) is 2.93. The van der Waals surface area contributed by atoms with Gasteiger partial charge in [0.2, 0.25) is 0 Å². The highest BCUT2D eigenvalue weighted by molar-refractivity contribution is 6.33. The van der Waals surface area contributed by atoms with E-state index in [0.29, 0.717) is 17.1 Å². The Balaban J connectivity index is 2.11. The number of furan rings is 1. The Kier molecular flexibility index (Phi) is 4.91. The first-order valence-electron chi connectivity index (χ1n) is 6.84. The zero-order valence-corrected chi connectivity index (χ0v) is 13.2. The zero-order valence-electron chi connectivity index (χ0n) is 12.4. The van der Waals surface area contributed by atoms with Gasteiger partial charge in [-0.15, -0.1) is 0 Å². The van der Waals surface area contributed by atoms with E-state index in [-0.39, 0.29) is 5.91 Å². The first-order chi connectivity index (χ1) is 10.0. The maximum Gasteiger partial charge on any atom is 0.253 e. The number of nitrogens with one attached hydrogen (secondary N) is 1. The molecule has 0 saturated carbocycles. The molecule has 1 aromatic heterocycles. The zero-order chi connectivity index (χ0) is 15.4. The quantitative estimate of drug-likeness (QED) is 0.913. The molecule has 0 bridgehead atoms. The molecule has 0 aliphatic carbocycles. The molecule has 21 heavy (non-hydrogen) atoms. The van der Waals surface area contributed by atoms with Gasteiger partial charge >= 0.3 is 0 Å². The monoisotopic (exact) mass is 306 g/mol. The Morgan fingerprint density at radius 2 is 1.95 bits per heavy atom. The fraction of sp³-hybridized carbons (Fsp3) is 0.312. The van der Waals surface area contributed by atoms with Crippen LogP contribution in [-0.4, -0.2) is 24.9 Å². The van der Waals surface area contributed by atoms with Crippen molar-refractivity contribution in [1.82, 2.24) is 4.90 Å². The first kappa shape index (κ1) is 15.4. The van der Waals surface area contributed by atoms with Crippen LogP contribution in [0.5, 0.6) is 0 Å². The summed E-state index contributed by atoms with van der Waals surface area (Å²) in [5, 5.41) is 3.78. The maximum absolute atomic E-state index is 12.0. The molecular weight excluding hydrogens is 288 g/mol. The van der Waals surface area contributed by atoms with E-state index in [9.17, 15) is 4.79 Å². The number of aryl methyl sites for hydroxylation is 1. The normalized spacial score (nSPS) is 10.5. The second-order valence-electron chi connectivity index (χ2n) is 4.97. The third-order valence-corrected chi connectivity index (χ3v) is 3.47. The Bertz CT molecular complexity index is 635. The standard InChI is InChI=1S/C16H19ClN2O2/c1-4-12-6-7-13(21-12)10-18-15-9-11(5-8-14(15)17)16(20)19(2)3/h5-9,18H,4,10H2,1-3H3. The van der Waals surface area contributed by atoms with E-state index < -0.39 is 0 Å². The van der Waals surface area contributed by atoms with Crippen molar-refractivity contribution in [2.45, 2.75) is 19.9 Å². The first-order valence-corrected chi connectivity index (χ1v) is 7.21. The molecule has 112 valence electrons. The third-order valence-electron chi connectivity index (χ3n) is 3.14. The van der Waals surface area contributed by atoms with E-state index in [1.54, 1.807) is 32.3 Å². The molecule has 0 spiro atoms. The second-order valence-corrected chi connectivity index (χ2v) is 5.38. The molecule has 1 N–H and O–H groups in total. The van der Waals surface area contributed by atoms with E-state index >= 15 is 0 Å². The topological polar surface area (TPSA) is 45.5 Å². The number of carbonyl (C=O) groups excluding carboxylic acids is 1. The predicted molar refractivity (Wildman–Crippen MR) is 84.9 cm³/mol. The highest BCUT2D eigenvalue weighted by Crippen LogP contribution is 2.24. The van der Waals surface area contributed by atoms with Crippen molar-refractivity contribution in [2.24, 2.45) is 0 Å². The van der Waals surface area contributed by atoms with Crippen molar-refractivity contribution in [2.75, 3.05) is 19.4 Å². The summed E-state index contributed by atoms with van der Waals surface area (Å²) in [4.78, 5) is 13.5. The fourth-order valence-corrected chi connectivity index (χ4v) is 2.13. The van der Waals surface area contributed by atoms with Gasteiger partial charge in [0.05, 0.1) is 17.3 Å². The Morgan fingerprint density at radius 1 is 1.24 bits per heavy atom. The van der Waals surface area contributed by atoms with Gasteiger partial charge in [-0.25, -0.2) is 0 Å². The Morgan fingerprint density at radius 3 is 2.57 bits per heavy atom. The molecule has 0 atom stereocenters. The van der Waals surface area contributed by atoms with Crippen molar-refractivity contribution in [1.29, 1.82) is 0 Å². The molecule has 0 aliphatic rings. The molecule has 2 rings (SSSR count). The van der Waals surface area contributed by atoms with Crippen molar-refractivity contribution in [3.8, 4) is 0 Å².